The Morgan fingerprint density at radius 2 is 1.66 bits per heavy atom. The van der Waals surface area contributed by atoms with Crippen LogP contribution in [0.1, 0.15) is 54.3 Å². The summed E-state index contributed by atoms with van der Waals surface area (Å²) in [7, 11) is -6.39. The highest BCUT2D eigenvalue weighted by Crippen LogP contribution is 2.41. The molecule has 3 saturated heterocycles. The number of aromatic nitrogens is 2. The summed E-state index contributed by atoms with van der Waals surface area (Å²) < 4.78 is 82.6. The number of ether oxygens (including phenoxy) is 1. The molecule has 3 fully saturated rings. The van der Waals surface area contributed by atoms with Crippen molar-refractivity contribution in [1.82, 2.24) is 28.4 Å². The number of imidazole rings is 1. The molecule has 324 valence electrons. The number of nitrogens with one attached hydrogen (secondary N) is 2. The number of imide groups is 1. The second-order valence-electron chi connectivity index (χ2n) is 16.2. The number of likely N-dealkylation sites (tertiary alicyclic amines) is 1. The number of anilines is 1. The van der Waals surface area contributed by atoms with Gasteiger partial charge in [0.2, 0.25) is 21.8 Å². The van der Waals surface area contributed by atoms with E-state index >= 15 is 4.39 Å². The highest BCUT2D eigenvalue weighted by Gasteiger charge is 2.39. The van der Waals surface area contributed by atoms with Crippen molar-refractivity contribution in [1.29, 1.82) is 0 Å². The van der Waals surface area contributed by atoms with Gasteiger partial charge in [-0.2, -0.15) is 12.7 Å². The summed E-state index contributed by atoms with van der Waals surface area (Å²) in [6.45, 7) is 1.35. The maximum Gasteiger partial charge on any atom is 0.329 e. The molecule has 1 unspecified atom stereocenters. The van der Waals surface area contributed by atoms with Crippen molar-refractivity contribution in [2.24, 2.45) is 7.05 Å². The van der Waals surface area contributed by atoms with Gasteiger partial charge in [0, 0.05) is 38.5 Å². The van der Waals surface area contributed by atoms with Gasteiger partial charge < -0.3 is 9.64 Å². The van der Waals surface area contributed by atoms with Gasteiger partial charge in [0.1, 0.15) is 30.6 Å². The Hall–Kier alpha value is -5.89. The van der Waals surface area contributed by atoms with Crippen LogP contribution in [0.5, 0.6) is 5.75 Å². The molecule has 62 heavy (non-hydrogen) atoms. The largest absolute Gasteiger partial charge is 0.487 e. The van der Waals surface area contributed by atoms with E-state index < -0.39 is 56.1 Å². The van der Waals surface area contributed by atoms with Crippen LogP contribution in [0.15, 0.2) is 83.7 Å². The first-order chi connectivity index (χ1) is 29.7. The number of carbonyl (C=O) groups excluding carboxylic acids is 3. The standard InChI is InChI=1S/C43H44FN7O9S2/c1-47-36-22-30(9-10-34(36)51(43(47)55)35-11-12-38(52)45-42(35)54)28-13-16-48(17-14-28)19-20-61(56,57)49-18-15-32(24-49)29-7-8-31-23-37(60-26-27-5-3-2-4-6-27)41(40(44)33(31)21-29)50-25-39(53)46-62(50,58)59/h2-10,15,21-23,28,35H,11-14,16-20,24-26H2,1H3,(H,46,53)(H,45,52,54). The summed E-state index contributed by atoms with van der Waals surface area (Å²) in [5.41, 5.74) is 3.70. The van der Waals surface area contributed by atoms with Crippen molar-refractivity contribution in [3.05, 3.63) is 112 Å². The van der Waals surface area contributed by atoms with E-state index in [4.69, 9.17) is 4.74 Å². The van der Waals surface area contributed by atoms with Crippen LogP contribution in [-0.2, 0) is 48.3 Å². The molecule has 9 rings (SSSR count). The zero-order valence-electron chi connectivity index (χ0n) is 33.8. The molecule has 5 heterocycles. The molecule has 1 aromatic heterocycles. The minimum Gasteiger partial charge on any atom is -0.487 e. The number of sulfonamides is 1. The lowest BCUT2D eigenvalue weighted by Gasteiger charge is -2.32. The van der Waals surface area contributed by atoms with Crippen LogP contribution in [0.3, 0.4) is 0 Å². The van der Waals surface area contributed by atoms with E-state index in [1.807, 2.05) is 53.3 Å². The molecule has 1 atom stereocenters. The number of amides is 3. The Kier molecular flexibility index (Phi) is 10.8. The first kappa shape index (κ1) is 41.5. The number of piperidine rings is 2. The topological polar surface area (TPSA) is 189 Å². The van der Waals surface area contributed by atoms with Crippen molar-refractivity contribution in [3.8, 4) is 5.75 Å². The maximum absolute atomic E-state index is 16.6. The van der Waals surface area contributed by atoms with Crippen molar-refractivity contribution < 1.29 is 40.3 Å². The first-order valence-corrected chi connectivity index (χ1v) is 23.4. The minimum absolute atomic E-state index is 0.0227. The lowest BCUT2D eigenvalue weighted by atomic mass is 9.89. The highest BCUT2D eigenvalue weighted by atomic mass is 32.2. The normalized spacial score (nSPS) is 20.2. The van der Waals surface area contributed by atoms with E-state index in [1.165, 1.54) is 19.5 Å². The number of aryl methyl sites for hydroxylation is 1. The number of carbonyl (C=O) groups is 3. The Balaban J connectivity index is 0.846. The summed E-state index contributed by atoms with van der Waals surface area (Å²) >= 11 is 0. The molecule has 0 bridgehead atoms. The Morgan fingerprint density at radius 1 is 0.887 bits per heavy atom. The average molecular weight is 886 g/mol. The van der Waals surface area contributed by atoms with Crippen LogP contribution in [0.25, 0.3) is 27.4 Å². The second-order valence-corrected chi connectivity index (χ2v) is 19.8. The fourth-order valence-electron chi connectivity index (χ4n) is 8.92. The van der Waals surface area contributed by atoms with E-state index in [2.05, 4.69) is 10.2 Å². The van der Waals surface area contributed by atoms with Crippen LogP contribution >= 0.6 is 0 Å². The predicted octanol–water partition coefficient (Wildman–Crippen LogP) is 3.28. The number of nitrogens with zero attached hydrogens (tertiary/aromatic N) is 5. The van der Waals surface area contributed by atoms with Gasteiger partial charge in [-0.15, -0.1) is 0 Å². The van der Waals surface area contributed by atoms with Crippen LogP contribution < -0.4 is 24.8 Å². The Labute approximate surface area is 356 Å². The van der Waals surface area contributed by atoms with E-state index in [0.717, 1.165) is 24.0 Å². The van der Waals surface area contributed by atoms with Crippen LogP contribution in [0.2, 0.25) is 0 Å². The first-order valence-electron chi connectivity index (χ1n) is 20.4. The molecule has 2 N–H and O–H groups in total. The van der Waals surface area contributed by atoms with E-state index in [-0.39, 0.29) is 66.9 Å². The van der Waals surface area contributed by atoms with E-state index in [1.54, 1.807) is 31.3 Å². The molecule has 0 spiro atoms. The molecule has 0 saturated carbocycles. The number of hydrogen-bond donors (Lipinski definition) is 2. The van der Waals surface area contributed by atoms with Crippen molar-refractivity contribution >= 4 is 71.0 Å². The molecular formula is C43H44FN7O9S2. The van der Waals surface area contributed by atoms with Gasteiger partial charge in [-0.1, -0.05) is 54.6 Å². The monoisotopic (exact) mass is 885 g/mol. The molecule has 3 amide bonds. The highest BCUT2D eigenvalue weighted by molar-refractivity contribution is 7.92. The Morgan fingerprint density at radius 3 is 2.39 bits per heavy atom. The lowest BCUT2D eigenvalue weighted by Crippen LogP contribution is -2.44. The van der Waals surface area contributed by atoms with Crippen molar-refractivity contribution in [2.45, 2.75) is 44.2 Å². The summed E-state index contributed by atoms with van der Waals surface area (Å²) in [4.78, 5) is 51.9. The molecule has 4 aromatic carbocycles. The van der Waals surface area contributed by atoms with Gasteiger partial charge in [-0.05, 0) is 90.2 Å². The third kappa shape index (κ3) is 7.77. The molecule has 5 aromatic rings. The fraction of sp³-hybridized carbons (Fsp3) is 0.349. The van der Waals surface area contributed by atoms with Gasteiger partial charge in [-0.25, -0.2) is 26.6 Å². The molecule has 19 heteroatoms. The maximum atomic E-state index is 16.6. The molecular weight excluding hydrogens is 842 g/mol. The molecule has 0 aliphatic carbocycles. The summed E-state index contributed by atoms with van der Waals surface area (Å²) in [6.07, 6.45) is 3.80. The van der Waals surface area contributed by atoms with Gasteiger partial charge in [-0.3, -0.25) is 28.8 Å². The van der Waals surface area contributed by atoms with Crippen LogP contribution in [-0.4, -0.2) is 97.9 Å². The fourth-order valence-corrected chi connectivity index (χ4v) is 11.5. The lowest BCUT2D eigenvalue weighted by molar-refractivity contribution is -0.135. The molecule has 0 radical (unpaired) electrons. The zero-order chi connectivity index (χ0) is 43.5. The van der Waals surface area contributed by atoms with E-state index in [0.29, 0.717) is 51.5 Å². The van der Waals surface area contributed by atoms with Gasteiger partial charge in [0.15, 0.2) is 5.82 Å². The third-order valence-electron chi connectivity index (χ3n) is 12.3. The molecule has 4 aliphatic heterocycles. The average Bonchev–Trinajstić information content (AvgIpc) is 3.93. The number of benzene rings is 4. The number of fused-ring (bicyclic) bond motifs is 2. The van der Waals surface area contributed by atoms with E-state index in [9.17, 15) is 36.0 Å². The van der Waals surface area contributed by atoms with Gasteiger partial charge in [0.05, 0.1) is 16.8 Å². The number of rotatable bonds is 11. The predicted molar refractivity (Wildman–Crippen MR) is 229 cm³/mol. The van der Waals surface area contributed by atoms with Gasteiger partial charge >= 0.3 is 15.9 Å². The smallest absolute Gasteiger partial charge is 0.329 e. The van der Waals surface area contributed by atoms with Crippen LogP contribution in [0.4, 0.5) is 10.1 Å². The molecule has 4 aliphatic rings. The zero-order valence-corrected chi connectivity index (χ0v) is 35.4. The number of hydrogen-bond acceptors (Lipinski definition) is 10. The van der Waals surface area contributed by atoms with Gasteiger partial charge in [0.25, 0.3) is 5.91 Å². The SMILES string of the molecule is Cn1c(=O)n(C2CCC(=O)NC2=O)c2ccc(C3CCN(CCS(=O)(=O)N4CC=C(c5ccc6cc(OCc7ccccc7)c(N7CC(=O)NS7(=O)=O)c(F)c6c5)C4)CC3)cc21. The van der Waals surface area contributed by atoms with Crippen molar-refractivity contribution in [2.75, 3.05) is 49.3 Å². The van der Waals surface area contributed by atoms with Crippen molar-refractivity contribution in [3.63, 3.8) is 0 Å². The van der Waals surface area contributed by atoms with Crippen LogP contribution in [0, 0.1) is 5.82 Å². The molecule has 16 nitrogen and oxygen atoms in total. The number of halogens is 1. The summed E-state index contributed by atoms with van der Waals surface area (Å²) in [5.74, 6) is -2.47. The quantitative estimate of drug-likeness (QED) is 0.186. The summed E-state index contributed by atoms with van der Waals surface area (Å²) in [6, 6.07) is 20.7. The third-order valence-corrected chi connectivity index (χ3v) is 15.5. The second kappa shape index (κ2) is 16.1. The minimum atomic E-state index is -4.38. The Bertz CT molecular complexity index is 2980. The summed E-state index contributed by atoms with van der Waals surface area (Å²) in [5, 5.41) is 2.84.